The van der Waals surface area contributed by atoms with Crippen molar-refractivity contribution in [3.05, 3.63) is 37.4 Å². The molecule has 8 nitrogen and oxygen atoms in total. The Morgan fingerprint density at radius 1 is 1.36 bits per heavy atom. The van der Waals surface area contributed by atoms with Crippen molar-refractivity contribution in [2.75, 3.05) is 19.6 Å². The number of rotatable bonds is 6. The second kappa shape index (κ2) is 8.97. The Morgan fingerprint density at radius 3 is 2.48 bits per heavy atom. The van der Waals surface area contributed by atoms with E-state index >= 15 is 0 Å². The minimum Gasteiger partial charge on any atom is -0.444 e. The van der Waals surface area contributed by atoms with E-state index in [1.807, 2.05) is 29.5 Å². The average molecular weight is 463 g/mol. The highest BCUT2D eigenvalue weighted by atomic mass is 127. The van der Waals surface area contributed by atoms with Crippen LogP contribution in [-0.4, -0.2) is 47.1 Å². The Balaban J connectivity index is 2.61. The molecule has 0 saturated carbocycles. The van der Waals surface area contributed by atoms with Crippen molar-refractivity contribution in [2.45, 2.75) is 33.3 Å². The summed E-state index contributed by atoms with van der Waals surface area (Å²) in [5, 5.41) is 13.4. The lowest BCUT2D eigenvalue weighted by molar-refractivity contribution is -0.384. The van der Waals surface area contributed by atoms with Crippen LogP contribution >= 0.6 is 22.6 Å². The van der Waals surface area contributed by atoms with Crippen molar-refractivity contribution in [1.82, 2.24) is 10.2 Å². The Hall–Kier alpha value is -1.91. The van der Waals surface area contributed by atoms with E-state index in [2.05, 4.69) is 5.32 Å². The molecule has 0 heterocycles. The molecule has 0 aliphatic heterocycles. The molecule has 1 N–H and O–H groups in total. The first-order valence-corrected chi connectivity index (χ1v) is 8.83. The van der Waals surface area contributed by atoms with Crippen LogP contribution in [0.15, 0.2) is 18.2 Å². The molecule has 0 aromatic heterocycles. The van der Waals surface area contributed by atoms with Gasteiger partial charge in [-0.05, 0) is 56.4 Å². The summed E-state index contributed by atoms with van der Waals surface area (Å²) >= 11 is 1.88. The molecule has 0 saturated heterocycles. The van der Waals surface area contributed by atoms with Crippen LogP contribution in [0.4, 0.5) is 10.5 Å². The number of amides is 2. The first-order valence-electron chi connectivity index (χ1n) is 7.75. The molecule has 25 heavy (non-hydrogen) atoms. The highest BCUT2D eigenvalue weighted by Crippen LogP contribution is 2.19. The van der Waals surface area contributed by atoms with Crippen molar-refractivity contribution in [1.29, 1.82) is 0 Å². The second-order valence-electron chi connectivity index (χ2n) is 6.24. The number of carbonyl (C=O) groups is 2. The lowest BCUT2D eigenvalue weighted by Crippen LogP contribution is -2.41. The third-order valence-corrected chi connectivity index (χ3v) is 4.00. The van der Waals surface area contributed by atoms with Gasteiger partial charge in [0.2, 0.25) is 0 Å². The zero-order valence-corrected chi connectivity index (χ0v) is 16.8. The topological polar surface area (TPSA) is 102 Å². The van der Waals surface area contributed by atoms with E-state index in [9.17, 15) is 19.7 Å². The fraction of sp³-hybridized carbons (Fsp3) is 0.500. The van der Waals surface area contributed by atoms with E-state index in [0.717, 1.165) is 0 Å². The number of non-ortho nitro benzene ring substituents is 1. The van der Waals surface area contributed by atoms with Gasteiger partial charge in [0.1, 0.15) is 5.60 Å². The fourth-order valence-corrected chi connectivity index (χ4v) is 2.65. The molecule has 0 atom stereocenters. The van der Waals surface area contributed by atoms with E-state index < -0.39 is 16.6 Å². The van der Waals surface area contributed by atoms with Gasteiger partial charge >= 0.3 is 6.09 Å². The standard InChI is InChI=1S/C16H22IN3O5/c1-5-19(15(22)25-16(2,3)4)9-8-18-14(21)12-7-6-11(20(23)24)10-13(12)17/h6-7,10H,5,8-9H2,1-4H3,(H,18,21). The van der Waals surface area contributed by atoms with Gasteiger partial charge < -0.3 is 15.0 Å². The van der Waals surface area contributed by atoms with E-state index in [1.165, 1.54) is 23.1 Å². The number of likely N-dealkylation sites (N-methyl/N-ethyl adjacent to an activating group) is 1. The zero-order chi connectivity index (χ0) is 19.2. The van der Waals surface area contributed by atoms with Crippen molar-refractivity contribution in [2.24, 2.45) is 0 Å². The first kappa shape index (κ1) is 21.1. The maximum atomic E-state index is 12.2. The van der Waals surface area contributed by atoms with Gasteiger partial charge in [0.05, 0.1) is 10.5 Å². The number of benzene rings is 1. The van der Waals surface area contributed by atoms with Gasteiger partial charge in [0, 0.05) is 35.3 Å². The number of hydrogen-bond donors (Lipinski definition) is 1. The predicted molar refractivity (Wildman–Crippen MR) is 102 cm³/mol. The summed E-state index contributed by atoms with van der Waals surface area (Å²) in [6.07, 6.45) is -0.436. The van der Waals surface area contributed by atoms with Gasteiger partial charge in [0.15, 0.2) is 0 Å². The minimum absolute atomic E-state index is 0.0666. The van der Waals surface area contributed by atoms with E-state index in [-0.39, 0.29) is 18.1 Å². The molecule has 0 spiro atoms. The molecule has 1 aromatic carbocycles. The number of carbonyl (C=O) groups excluding carboxylic acids is 2. The first-order chi connectivity index (χ1) is 11.5. The van der Waals surface area contributed by atoms with Crippen LogP contribution < -0.4 is 5.32 Å². The lowest BCUT2D eigenvalue weighted by Gasteiger charge is -2.26. The number of nitrogens with zero attached hydrogens (tertiary/aromatic N) is 2. The summed E-state index contributed by atoms with van der Waals surface area (Å²) in [6, 6.07) is 4.05. The number of nitro benzene ring substituents is 1. The number of nitro groups is 1. The van der Waals surface area contributed by atoms with Gasteiger partial charge in [-0.1, -0.05) is 0 Å². The van der Waals surface area contributed by atoms with Crippen LogP contribution in [0.3, 0.4) is 0 Å². The van der Waals surface area contributed by atoms with Crippen LogP contribution in [0.1, 0.15) is 38.1 Å². The largest absolute Gasteiger partial charge is 0.444 e. The number of halogens is 1. The van der Waals surface area contributed by atoms with Gasteiger partial charge in [-0.3, -0.25) is 14.9 Å². The van der Waals surface area contributed by atoms with Crippen molar-refractivity contribution in [3.63, 3.8) is 0 Å². The summed E-state index contributed by atoms with van der Waals surface area (Å²) in [5.41, 5.74) is -0.294. The quantitative estimate of drug-likeness (QED) is 0.397. The predicted octanol–water partition coefficient (Wildman–Crippen LogP) is 3.19. The van der Waals surface area contributed by atoms with Crippen molar-refractivity contribution >= 4 is 40.3 Å². The number of ether oxygens (including phenoxy) is 1. The molecule has 9 heteroatoms. The zero-order valence-electron chi connectivity index (χ0n) is 14.7. The van der Waals surface area contributed by atoms with Crippen LogP contribution in [0.25, 0.3) is 0 Å². The summed E-state index contributed by atoms with van der Waals surface area (Å²) in [7, 11) is 0. The van der Waals surface area contributed by atoms with Crippen LogP contribution in [0.5, 0.6) is 0 Å². The molecular formula is C16H22IN3O5. The summed E-state index contributed by atoms with van der Waals surface area (Å²) in [4.78, 5) is 35.9. The molecule has 0 aliphatic carbocycles. The van der Waals surface area contributed by atoms with E-state index in [0.29, 0.717) is 22.2 Å². The normalized spacial score (nSPS) is 10.9. The number of nitrogens with one attached hydrogen (secondary N) is 1. The van der Waals surface area contributed by atoms with Crippen molar-refractivity contribution in [3.8, 4) is 0 Å². The Kier molecular flexibility index (Phi) is 7.59. The molecule has 0 unspecified atom stereocenters. The molecule has 1 aromatic rings. The van der Waals surface area contributed by atoms with Gasteiger partial charge in [-0.15, -0.1) is 0 Å². The maximum absolute atomic E-state index is 12.2. The summed E-state index contributed by atoms with van der Waals surface area (Å²) < 4.78 is 5.79. The van der Waals surface area contributed by atoms with Gasteiger partial charge in [-0.25, -0.2) is 4.79 Å². The smallest absolute Gasteiger partial charge is 0.410 e. The van der Waals surface area contributed by atoms with Crippen LogP contribution in [0.2, 0.25) is 0 Å². The molecule has 138 valence electrons. The van der Waals surface area contributed by atoms with Crippen LogP contribution in [-0.2, 0) is 4.74 Å². The monoisotopic (exact) mass is 463 g/mol. The molecule has 0 bridgehead atoms. The highest BCUT2D eigenvalue weighted by molar-refractivity contribution is 14.1. The molecule has 0 aliphatic rings. The second-order valence-corrected chi connectivity index (χ2v) is 7.40. The van der Waals surface area contributed by atoms with Gasteiger partial charge in [0.25, 0.3) is 11.6 Å². The van der Waals surface area contributed by atoms with E-state index in [4.69, 9.17) is 4.74 Å². The molecule has 0 radical (unpaired) electrons. The Labute approximate surface area is 160 Å². The maximum Gasteiger partial charge on any atom is 0.410 e. The SMILES string of the molecule is CCN(CCNC(=O)c1ccc([N+](=O)[O-])cc1I)C(=O)OC(C)(C)C. The average Bonchev–Trinajstić information content (AvgIpc) is 2.49. The minimum atomic E-state index is -0.581. The lowest BCUT2D eigenvalue weighted by atomic mass is 10.2. The third kappa shape index (κ3) is 6.85. The van der Waals surface area contributed by atoms with Crippen molar-refractivity contribution < 1.29 is 19.2 Å². The fourth-order valence-electron chi connectivity index (χ4n) is 1.91. The Bertz CT molecular complexity index is 658. The summed E-state index contributed by atoms with van der Waals surface area (Å²) in [6.45, 7) is 8.20. The molecule has 0 fully saturated rings. The molecular weight excluding hydrogens is 441 g/mol. The summed E-state index contributed by atoms with van der Waals surface area (Å²) in [5.74, 6) is -0.348. The third-order valence-electron chi connectivity index (χ3n) is 3.11. The van der Waals surface area contributed by atoms with E-state index in [1.54, 1.807) is 20.8 Å². The highest BCUT2D eigenvalue weighted by Gasteiger charge is 2.21. The number of hydrogen-bond acceptors (Lipinski definition) is 5. The Morgan fingerprint density at radius 2 is 2.00 bits per heavy atom. The molecule has 1 rings (SSSR count). The van der Waals surface area contributed by atoms with Crippen LogP contribution in [0, 0.1) is 13.7 Å². The molecule has 2 amide bonds. The van der Waals surface area contributed by atoms with Gasteiger partial charge in [-0.2, -0.15) is 0 Å².